The van der Waals surface area contributed by atoms with Gasteiger partial charge in [-0.25, -0.2) is 8.42 Å². The van der Waals surface area contributed by atoms with Crippen LogP contribution in [0.3, 0.4) is 0 Å². The van der Waals surface area contributed by atoms with Gasteiger partial charge in [-0.05, 0) is 37.5 Å². The van der Waals surface area contributed by atoms with E-state index in [4.69, 9.17) is 5.11 Å². The molecule has 7 nitrogen and oxygen atoms in total. The van der Waals surface area contributed by atoms with Gasteiger partial charge in [-0.3, -0.25) is 9.59 Å². The van der Waals surface area contributed by atoms with Crippen molar-refractivity contribution in [3.05, 3.63) is 29.3 Å². The Morgan fingerprint density at radius 3 is 2.42 bits per heavy atom. The number of amides is 1. The number of hydrogen-bond acceptors (Lipinski definition) is 4. The highest BCUT2D eigenvalue weighted by Crippen LogP contribution is 2.24. The third-order valence-electron chi connectivity index (χ3n) is 4.09. The van der Waals surface area contributed by atoms with Crippen LogP contribution in [0.25, 0.3) is 0 Å². The van der Waals surface area contributed by atoms with Crippen LogP contribution < -0.4 is 0 Å². The van der Waals surface area contributed by atoms with E-state index in [1.807, 2.05) is 0 Å². The highest BCUT2D eigenvalue weighted by atomic mass is 32.2. The standard InChI is InChI=1S/C16H22N2O5S/c1-12-6-7-13(16(21)17(2)11-15(19)20)10-14(12)24(22,23)18-8-4-3-5-9-18/h6-7,10H,3-5,8-9,11H2,1-2H3,(H,19,20). The summed E-state index contributed by atoms with van der Waals surface area (Å²) in [6, 6.07) is 4.45. The maximum Gasteiger partial charge on any atom is 0.323 e. The SMILES string of the molecule is Cc1ccc(C(=O)N(C)CC(=O)O)cc1S(=O)(=O)N1CCCCC1. The van der Waals surface area contributed by atoms with Gasteiger partial charge in [0.1, 0.15) is 6.54 Å². The van der Waals surface area contributed by atoms with Crippen molar-refractivity contribution in [1.82, 2.24) is 9.21 Å². The van der Waals surface area contributed by atoms with Crippen molar-refractivity contribution in [1.29, 1.82) is 0 Å². The number of piperidine rings is 1. The molecular formula is C16H22N2O5S. The topological polar surface area (TPSA) is 95.0 Å². The van der Waals surface area contributed by atoms with Crippen LogP contribution >= 0.6 is 0 Å². The molecule has 0 saturated carbocycles. The number of likely N-dealkylation sites (N-methyl/N-ethyl adjacent to an activating group) is 1. The van der Waals surface area contributed by atoms with Gasteiger partial charge in [0, 0.05) is 25.7 Å². The third-order valence-corrected chi connectivity index (χ3v) is 6.13. The average molecular weight is 354 g/mol. The minimum Gasteiger partial charge on any atom is -0.480 e. The van der Waals surface area contributed by atoms with E-state index in [2.05, 4.69) is 0 Å². The second kappa shape index (κ2) is 7.31. The Kier molecular flexibility index (Phi) is 5.61. The first-order valence-corrected chi connectivity index (χ1v) is 9.25. The minimum atomic E-state index is -3.65. The molecule has 2 rings (SSSR count). The minimum absolute atomic E-state index is 0.110. The summed E-state index contributed by atoms with van der Waals surface area (Å²) in [5.74, 6) is -1.65. The van der Waals surface area contributed by atoms with E-state index in [9.17, 15) is 18.0 Å². The zero-order valence-electron chi connectivity index (χ0n) is 13.9. The molecule has 0 aliphatic carbocycles. The van der Waals surface area contributed by atoms with Gasteiger partial charge in [-0.2, -0.15) is 4.31 Å². The van der Waals surface area contributed by atoms with Crippen molar-refractivity contribution in [2.45, 2.75) is 31.1 Å². The summed E-state index contributed by atoms with van der Waals surface area (Å²) in [5.41, 5.74) is 0.734. The number of aliphatic carboxylic acids is 1. The molecule has 1 aromatic carbocycles. The predicted molar refractivity (Wildman–Crippen MR) is 88.4 cm³/mol. The lowest BCUT2D eigenvalue weighted by Gasteiger charge is -2.26. The molecule has 0 spiro atoms. The second-order valence-electron chi connectivity index (χ2n) is 6.00. The summed E-state index contributed by atoms with van der Waals surface area (Å²) < 4.78 is 27.1. The maximum absolute atomic E-state index is 12.8. The van der Waals surface area contributed by atoms with E-state index in [0.717, 1.165) is 24.2 Å². The second-order valence-corrected chi connectivity index (χ2v) is 7.91. The molecule has 1 N–H and O–H groups in total. The Morgan fingerprint density at radius 1 is 1.21 bits per heavy atom. The average Bonchev–Trinajstić information content (AvgIpc) is 2.54. The van der Waals surface area contributed by atoms with Crippen LogP contribution in [0.4, 0.5) is 0 Å². The maximum atomic E-state index is 12.8. The molecule has 1 fully saturated rings. The van der Waals surface area contributed by atoms with Gasteiger partial charge in [0.15, 0.2) is 0 Å². The summed E-state index contributed by atoms with van der Waals surface area (Å²) in [6.45, 7) is 2.21. The molecule has 1 amide bonds. The first-order valence-electron chi connectivity index (χ1n) is 7.81. The third kappa shape index (κ3) is 3.93. The molecule has 0 bridgehead atoms. The van der Waals surface area contributed by atoms with E-state index in [1.54, 1.807) is 13.0 Å². The molecule has 24 heavy (non-hydrogen) atoms. The Balaban J connectivity index is 2.34. The van der Waals surface area contributed by atoms with Crippen LogP contribution in [0.1, 0.15) is 35.2 Å². The molecule has 132 valence electrons. The van der Waals surface area contributed by atoms with Gasteiger partial charge >= 0.3 is 5.97 Å². The van der Waals surface area contributed by atoms with Crippen molar-refractivity contribution in [3.63, 3.8) is 0 Å². The Labute approximate surface area is 141 Å². The summed E-state index contributed by atoms with van der Waals surface area (Å²) in [7, 11) is -2.28. The Hall–Kier alpha value is -1.93. The van der Waals surface area contributed by atoms with Crippen LogP contribution in [-0.4, -0.2) is 61.3 Å². The lowest BCUT2D eigenvalue weighted by Crippen LogP contribution is -2.36. The summed E-state index contributed by atoms with van der Waals surface area (Å²) in [5, 5.41) is 8.78. The zero-order valence-corrected chi connectivity index (χ0v) is 14.7. The van der Waals surface area contributed by atoms with E-state index in [1.165, 1.54) is 23.5 Å². The number of carbonyl (C=O) groups is 2. The number of sulfonamides is 1. The molecule has 1 saturated heterocycles. The van der Waals surface area contributed by atoms with Crippen molar-refractivity contribution in [2.24, 2.45) is 0 Å². The quantitative estimate of drug-likeness (QED) is 0.861. The molecule has 1 aromatic rings. The van der Waals surface area contributed by atoms with Gasteiger partial charge in [0.25, 0.3) is 5.91 Å². The largest absolute Gasteiger partial charge is 0.480 e. The molecule has 1 aliphatic heterocycles. The normalized spacial score (nSPS) is 15.9. The number of hydrogen-bond donors (Lipinski definition) is 1. The van der Waals surface area contributed by atoms with Crippen LogP contribution in [-0.2, 0) is 14.8 Å². The first-order chi connectivity index (χ1) is 11.2. The van der Waals surface area contributed by atoms with E-state index >= 15 is 0 Å². The molecule has 0 aromatic heterocycles. The molecule has 8 heteroatoms. The number of carboxylic acid groups (broad SMARTS) is 1. The van der Waals surface area contributed by atoms with Crippen molar-refractivity contribution >= 4 is 21.9 Å². The smallest absolute Gasteiger partial charge is 0.323 e. The van der Waals surface area contributed by atoms with Crippen LogP contribution in [0.2, 0.25) is 0 Å². The highest BCUT2D eigenvalue weighted by molar-refractivity contribution is 7.89. The van der Waals surface area contributed by atoms with Crippen LogP contribution in [0.15, 0.2) is 23.1 Å². The van der Waals surface area contributed by atoms with Gasteiger partial charge in [-0.15, -0.1) is 0 Å². The highest BCUT2D eigenvalue weighted by Gasteiger charge is 2.28. The number of rotatable bonds is 5. The summed E-state index contributed by atoms with van der Waals surface area (Å²) >= 11 is 0. The zero-order chi connectivity index (χ0) is 17.9. The monoisotopic (exact) mass is 354 g/mol. The fourth-order valence-corrected chi connectivity index (χ4v) is 4.52. The van der Waals surface area contributed by atoms with Crippen molar-refractivity contribution in [2.75, 3.05) is 26.7 Å². The van der Waals surface area contributed by atoms with E-state index < -0.39 is 28.4 Å². The molecule has 0 radical (unpaired) electrons. The molecule has 0 atom stereocenters. The Bertz CT molecular complexity index is 739. The first kappa shape index (κ1) is 18.4. The summed E-state index contributed by atoms with van der Waals surface area (Å²) in [6.07, 6.45) is 2.68. The number of benzene rings is 1. The van der Waals surface area contributed by atoms with Crippen molar-refractivity contribution in [3.8, 4) is 0 Å². The fraction of sp³-hybridized carbons (Fsp3) is 0.500. The van der Waals surface area contributed by atoms with E-state index in [0.29, 0.717) is 18.7 Å². The van der Waals surface area contributed by atoms with Crippen LogP contribution in [0, 0.1) is 6.92 Å². The summed E-state index contributed by atoms with van der Waals surface area (Å²) in [4.78, 5) is 24.2. The lowest BCUT2D eigenvalue weighted by molar-refractivity contribution is -0.137. The lowest BCUT2D eigenvalue weighted by atomic mass is 10.1. The Morgan fingerprint density at radius 2 is 1.83 bits per heavy atom. The predicted octanol–water partition coefficient (Wildman–Crippen LogP) is 1.33. The van der Waals surface area contributed by atoms with Gasteiger partial charge < -0.3 is 10.0 Å². The van der Waals surface area contributed by atoms with Crippen molar-refractivity contribution < 1.29 is 23.1 Å². The number of aryl methyl sites for hydroxylation is 1. The molecule has 0 unspecified atom stereocenters. The molecule has 1 aliphatic rings. The molecular weight excluding hydrogens is 332 g/mol. The van der Waals surface area contributed by atoms with E-state index in [-0.39, 0.29) is 10.5 Å². The van der Waals surface area contributed by atoms with Crippen LogP contribution in [0.5, 0.6) is 0 Å². The number of carbonyl (C=O) groups excluding carboxylic acids is 1. The number of nitrogens with zero attached hydrogens (tertiary/aromatic N) is 2. The van der Waals surface area contributed by atoms with Gasteiger partial charge in [0.2, 0.25) is 10.0 Å². The fourth-order valence-electron chi connectivity index (χ4n) is 2.75. The number of carboxylic acids is 1. The van der Waals surface area contributed by atoms with Gasteiger partial charge in [0.05, 0.1) is 4.90 Å². The molecule has 1 heterocycles. The van der Waals surface area contributed by atoms with Gasteiger partial charge in [-0.1, -0.05) is 12.5 Å².